The molecule has 1 aromatic carbocycles. The van der Waals surface area contributed by atoms with Gasteiger partial charge in [-0.2, -0.15) is 0 Å². The fourth-order valence-electron chi connectivity index (χ4n) is 2.76. The minimum absolute atomic E-state index is 0.0802. The molecule has 1 aromatic rings. The summed E-state index contributed by atoms with van der Waals surface area (Å²) in [5.41, 5.74) is 9.81. The molecule has 0 saturated heterocycles. The Morgan fingerprint density at radius 2 is 2.31 bits per heavy atom. The molecule has 3 rings (SSSR count). The highest BCUT2D eigenvalue weighted by molar-refractivity contribution is 6.33. The van der Waals surface area contributed by atoms with Crippen LogP contribution in [0.5, 0.6) is 0 Å². The lowest BCUT2D eigenvalue weighted by atomic mass is 9.74. The minimum Gasteiger partial charge on any atom is -0.463 e. The van der Waals surface area contributed by atoms with Gasteiger partial charge in [-0.3, -0.25) is 0 Å². The monoisotopic (exact) mass is 214 g/mol. The van der Waals surface area contributed by atoms with Gasteiger partial charge >= 0.3 is 0 Å². The smallest absolute Gasteiger partial charge is 0.282 e. The third-order valence-electron chi connectivity index (χ3n) is 3.71. The van der Waals surface area contributed by atoms with Crippen LogP contribution in [0.2, 0.25) is 0 Å². The quantitative estimate of drug-likeness (QED) is 0.593. The van der Waals surface area contributed by atoms with E-state index in [-0.39, 0.29) is 5.54 Å². The SMILES string of the molecule is Bc1cccc2c1CC1(CC2)COC(N)=N1. The summed E-state index contributed by atoms with van der Waals surface area (Å²) in [7, 11) is 2.17. The van der Waals surface area contributed by atoms with Crippen LogP contribution in [0.4, 0.5) is 0 Å². The first-order chi connectivity index (χ1) is 7.69. The molecule has 82 valence electrons. The number of nitrogens with two attached hydrogens (primary N) is 1. The first-order valence-corrected chi connectivity index (χ1v) is 5.74. The highest BCUT2D eigenvalue weighted by Crippen LogP contribution is 2.33. The number of ether oxygens (including phenoxy) is 1. The summed E-state index contributed by atoms with van der Waals surface area (Å²) in [6, 6.07) is 6.88. The van der Waals surface area contributed by atoms with Gasteiger partial charge in [0.15, 0.2) is 0 Å². The number of hydrogen-bond donors (Lipinski definition) is 1. The third-order valence-corrected chi connectivity index (χ3v) is 3.71. The fourth-order valence-corrected chi connectivity index (χ4v) is 2.76. The van der Waals surface area contributed by atoms with Gasteiger partial charge in [-0.05, 0) is 24.0 Å². The maximum atomic E-state index is 5.63. The molecule has 2 N–H and O–H groups in total. The standard InChI is InChI=1S/C12H15BN2O/c13-10-3-1-2-8-4-5-12(6-9(8)10)7-16-11(14)15-12/h1-3H,4-7,13H2,(H2,14,15). The number of fused-ring (bicyclic) bond motifs is 1. The molecule has 1 aliphatic heterocycles. The predicted octanol–water partition coefficient (Wildman–Crippen LogP) is -0.483. The molecule has 1 aliphatic carbocycles. The van der Waals surface area contributed by atoms with Crippen LogP contribution < -0.4 is 11.2 Å². The van der Waals surface area contributed by atoms with E-state index >= 15 is 0 Å². The van der Waals surface area contributed by atoms with E-state index in [2.05, 4.69) is 31.0 Å². The highest BCUT2D eigenvalue weighted by Gasteiger charge is 2.39. The minimum atomic E-state index is -0.0802. The summed E-state index contributed by atoms with van der Waals surface area (Å²) in [4.78, 5) is 4.49. The molecule has 1 spiro atoms. The van der Waals surface area contributed by atoms with E-state index in [1.165, 1.54) is 16.6 Å². The molecule has 1 atom stereocenters. The van der Waals surface area contributed by atoms with Crippen molar-refractivity contribution in [3.05, 3.63) is 29.3 Å². The van der Waals surface area contributed by atoms with Crippen LogP contribution in [0.25, 0.3) is 0 Å². The Bertz CT molecular complexity index is 472. The van der Waals surface area contributed by atoms with Crippen molar-refractivity contribution in [2.24, 2.45) is 10.7 Å². The van der Waals surface area contributed by atoms with Crippen molar-refractivity contribution < 1.29 is 4.74 Å². The Labute approximate surface area is 96.1 Å². The maximum absolute atomic E-state index is 5.63. The molecule has 3 nitrogen and oxygen atoms in total. The summed E-state index contributed by atoms with van der Waals surface area (Å²) >= 11 is 0. The molecule has 0 aromatic heterocycles. The molecular formula is C12H15BN2O. The maximum Gasteiger partial charge on any atom is 0.282 e. The van der Waals surface area contributed by atoms with Crippen LogP contribution in [0.3, 0.4) is 0 Å². The van der Waals surface area contributed by atoms with Crippen molar-refractivity contribution in [1.82, 2.24) is 0 Å². The van der Waals surface area contributed by atoms with Crippen molar-refractivity contribution >= 4 is 19.3 Å². The lowest BCUT2D eigenvalue weighted by molar-refractivity contribution is 0.235. The van der Waals surface area contributed by atoms with Gasteiger partial charge in [-0.15, -0.1) is 0 Å². The van der Waals surface area contributed by atoms with Crippen molar-refractivity contribution in [3.63, 3.8) is 0 Å². The fraction of sp³-hybridized carbons (Fsp3) is 0.417. The zero-order valence-corrected chi connectivity index (χ0v) is 9.49. The molecule has 2 aliphatic rings. The number of amidine groups is 1. The van der Waals surface area contributed by atoms with Crippen LogP contribution in [-0.4, -0.2) is 26.0 Å². The normalized spacial score (nSPS) is 27.4. The lowest BCUT2D eigenvalue weighted by Gasteiger charge is -2.31. The van der Waals surface area contributed by atoms with Gasteiger partial charge in [0.2, 0.25) is 0 Å². The number of nitrogens with zero attached hydrogens (tertiary/aromatic N) is 1. The van der Waals surface area contributed by atoms with E-state index in [1.807, 2.05) is 0 Å². The zero-order valence-electron chi connectivity index (χ0n) is 9.49. The summed E-state index contributed by atoms with van der Waals surface area (Å²) < 4.78 is 5.33. The molecule has 1 heterocycles. The van der Waals surface area contributed by atoms with Gasteiger partial charge in [0.1, 0.15) is 20.0 Å². The Balaban J connectivity index is 2.00. The molecule has 0 amide bonds. The molecule has 1 unspecified atom stereocenters. The van der Waals surface area contributed by atoms with E-state index in [0.717, 1.165) is 19.3 Å². The second kappa shape index (κ2) is 3.27. The van der Waals surface area contributed by atoms with Gasteiger partial charge in [0.25, 0.3) is 6.02 Å². The molecule has 0 radical (unpaired) electrons. The van der Waals surface area contributed by atoms with Crippen LogP contribution in [0.1, 0.15) is 17.5 Å². The van der Waals surface area contributed by atoms with Crippen LogP contribution in [-0.2, 0) is 17.6 Å². The number of rotatable bonds is 0. The first kappa shape index (κ1) is 9.76. The highest BCUT2D eigenvalue weighted by atomic mass is 16.5. The van der Waals surface area contributed by atoms with E-state index in [4.69, 9.17) is 10.5 Å². The second-order valence-electron chi connectivity index (χ2n) is 4.85. The summed E-state index contributed by atoms with van der Waals surface area (Å²) in [6.45, 7) is 0.645. The Morgan fingerprint density at radius 3 is 3.06 bits per heavy atom. The molecular weight excluding hydrogens is 199 g/mol. The van der Waals surface area contributed by atoms with Gasteiger partial charge < -0.3 is 10.5 Å². The van der Waals surface area contributed by atoms with E-state index in [0.29, 0.717) is 12.6 Å². The largest absolute Gasteiger partial charge is 0.463 e. The van der Waals surface area contributed by atoms with Crippen LogP contribution in [0.15, 0.2) is 23.2 Å². The molecule has 0 bridgehead atoms. The van der Waals surface area contributed by atoms with Crippen molar-refractivity contribution in [2.45, 2.75) is 24.8 Å². The van der Waals surface area contributed by atoms with E-state index in [1.54, 1.807) is 0 Å². The average Bonchev–Trinajstić information content (AvgIpc) is 2.62. The topological polar surface area (TPSA) is 47.6 Å². The van der Waals surface area contributed by atoms with E-state index < -0.39 is 0 Å². The molecule has 16 heavy (non-hydrogen) atoms. The Kier molecular flexibility index (Phi) is 2.00. The van der Waals surface area contributed by atoms with Crippen LogP contribution >= 0.6 is 0 Å². The molecule has 0 fully saturated rings. The number of hydrogen-bond acceptors (Lipinski definition) is 3. The van der Waals surface area contributed by atoms with Crippen molar-refractivity contribution in [1.29, 1.82) is 0 Å². The summed E-state index contributed by atoms with van der Waals surface area (Å²) in [5.74, 6) is 0. The summed E-state index contributed by atoms with van der Waals surface area (Å²) in [5, 5.41) is 0. The van der Waals surface area contributed by atoms with Gasteiger partial charge in [0.05, 0.1) is 0 Å². The van der Waals surface area contributed by atoms with Gasteiger partial charge in [0, 0.05) is 6.42 Å². The van der Waals surface area contributed by atoms with Gasteiger partial charge in [-0.1, -0.05) is 23.7 Å². The summed E-state index contributed by atoms with van der Waals surface area (Å²) in [6.07, 6.45) is 3.09. The Hall–Kier alpha value is -1.45. The van der Waals surface area contributed by atoms with Crippen molar-refractivity contribution in [2.75, 3.05) is 6.61 Å². The van der Waals surface area contributed by atoms with Crippen molar-refractivity contribution in [3.8, 4) is 0 Å². The molecule has 0 saturated carbocycles. The van der Waals surface area contributed by atoms with E-state index in [9.17, 15) is 0 Å². The number of aliphatic imine (C=N–C) groups is 1. The lowest BCUT2D eigenvalue weighted by Crippen LogP contribution is -2.38. The Morgan fingerprint density at radius 1 is 1.44 bits per heavy atom. The first-order valence-electron chi connectivity index (χ1n) is 5.74. The number of aryl methyl sites for hydroxylation is 1. The van der Waals surface area contributed by atoms with Crippen LogP contribution in [0, 0.1) is 0 Å². The molecule has 4 heteroatoms. The third kappa shape index (κ3) is 1.40. The second-order valence-corrected chi connectivity index (χ2v) is 4.85. The number of benzene rings is 1. The zero-order chi connectivity index (χ0) is 11.2. The van der Waals surface area contributed by atoms with Gasteiger partial charge in [-0.25, -0.2) is 4.99 Å². The predicted molar refractivity (Wildman–Crippen MR) is 67.0 cm³/mol. The average molecular weight is 214 g/mol.